The van der Waals surface area contributed by atoms with Gasteiger partial charge in [0.25, 0.3) is 0 Å². The predicted molar refractivity (Wildman–Crippen MR) is 84.0 cm³/mol. The summed E-state index contributed by atoms with van der Waals surface area (Å²) in [6, 6.07) is 20.5. The average molecular weight is 293 g/mol. The average Bonchev–Trinajstić information content (AvgIpc) is 3.11. The van der Waals surface area contributed by atoms with Crippen LogP contribution >= 0.6 is 0 Å². The molecule has 2 aromatic carbocycles. The molecule has 112 valence electrons. The van der Waals surface area contributed by atoms with Crippen LogP contribution < -0.4 is 0 Å². The topological polar surface area (TPSA) is 29.5 Å². The van der Waals surface area contributed by atoms with Gasteiger partial charge in [0.1, 0.15) is 0 Å². The van der Waals surface area contributed by atoms with Crippen molar-refractivity contribution in [3.05, 3.63) is 71.8 Å². The summed E-state index contributed by atoms with van der Waals surface area (Å²) >= 11 is 0. The normalized spacial score (nSPS) is 27.2. The molecule has 2 aliphatic heterocycles. The molecule has 0 aromatic heterocycles. The zero-order valence-corrected chi connectivity index (χ0v) is 12.4. The number of nitrogens with zero attached hydrogens (tertiary/aromatic N) is 1. The molecule has 0 aliphatic carbocycles. The van der Waals surface area contributed by atoms with Crippen LogP contribution in [0.2, 0.25) is 0 Å². The van der Waals surface area contributed by atoms with E-state index in [4.69, 9.17) is 4.74 Å². The predicted octanol–water partition coefficient (Wildman–Crippen LogP) is 3.18. The smallest absolute Gasteiger partial charge is 0.228 e. The minimum atomic E-state index is -0.209. The number of rotatable bonds is 3. The van der Waals surface area contributed by atoms with Gasteiger partial charge in [-0.2, -0.15) is 0 Å². The largest absolute Gasteiger partial charge is 0.352 e. The van der Waals surface area contributed by atoms with Crippen molar-refractivity contribution >= 4 is 5.91 Å². The van der Waals surface area contributed by atoms with Crippen LogP contribution in [0.25, 0.3) is 0 Å². The van der Waals surface area contributed by atoms with E-state index in [2.05, 4.69) is 12.1 Å². The van der Waals surface area contributed by atoms with Crippen molar-refractivity contribution in [2.24, 2.45) is 5.92 Å². The second kappa shape index (κ2) is 5.58. The van der Waals surface area contributed by atoms with Crippen LogP contribution in [0.3, 0.4) is 0 Å². The Labute approximate surface area is 130 Å². The fourth-order valence-corrected chi connectivity index (χ4v) is 3.62. The molecule has 0 spiro atoms. The third-order valence-electron chi connectivity index (χ3n) is 4.66. The Balaban J connectivity index is 1.54. The molecule has 3 atom stereocenters. The number of ether oxygens (including phenoxy) is 1. The van der Waals surface area contributed by atoms with Gasteiger partial charge in [-0.15, -0.1) is 0 Å². The lowest BCUT2D eigenvalue weighted by atomic mass is 9.96. The Hall–Kier alpha value is -2.13. The van der Waals surface area contributed by atoms with Crippen LogP contribution in [-0.4, -0.2) is 23.5 Å². The SMILES string of the molecule is O=C1C(Cc2ccccc2)CC2COC(c3ccccc3)N12. The van der Waals surface area contributed by atoms with E-state index >= 15 is 0 Å². The number of fused-ring (bicyclic) bond motifs is 1. The van der Waals surface area contributed by atoms with Gasteiger partial charge in [-0.3, -0.25) is 4.79 Å². The molecule has 0 bridgehead atoms. The maximum Gasteiger partial charge on any atom is 0.228 e. The van der Waals surface area contributed by atoms with Crippen molar-refractivity contribution in [1.82, 2.24) is 4.90 Å². The first-order chi connectivity index (χ1) is 10.8. The Kier molecular flexibility index (Phi) is 3.43. The third kappa shape index (κ3) is 2.32. The summed E-state index contributed by atoms with van der Waals surface area (Å²) in [5.74, 6) is 0.322. The van der Waals surface area contributed by atoms with Gasteiger partial charge in [-0.05, 0) is 18.4 Å². The van der Waals surface area contributed by atoms with Gasteiger partial charge in [0.05, 0.1) is 12.6 Å². The molecule has 0 radical (unpaired) electrons. The van der Waals surface area contributed by atoms with E-state index in [-0.39, 0.29) is 24.1 Å². The molecule has 0 saturated carbocycles. The number of amides is 1. The van der Waals surface area contributed by atoms with Crippen molar-refractivity contribution in [2.75, 3.05) is 6.61 Å². The fourth-order valence-electron chi connectivity index (χ4n) is 3.62. The molecule has 0 N–H and O–H groups in total. The van der Waals surface area contributed by atoms with Gasteiger partial charge in [0.15, 0.2) is 6.23 Å². The lowest BCUT2D eigenvalue weighted by Crippen LogP contribution is -2.32. The minimum absolute atomic E-state index is 0.0857. The van der Waals surface area contributed by atoms with Crippen molar-refractivity contribution in [1.29, 1.82) is 0 Å². The summed E-state index contributed by atoms with van der Waals surface area (Å²) in [5.41, 5.74) is 2.30. The monoisotopic (exact) mass is 293 g/mol. The highest BCUT2D eigenvalue weighted by Crippen LogP contribution is 2.40. The van der Waals surface area contributed by atoms with Crippen molar-refractivity contribution in [2.45, 2.75) is 25.1 Å². The lowest BCUT2D eigenvalue weighted by molar-refractivity contribution is -0.137. The first-order valence-electron chi connectivity index (χ1n) is 7.85. The standard InChI is InChI=1S/C19H19NO2/c21-18-16(11-14-7-3-1-4-8-14)12-17-13-22-19(20(17)18)15-9-5-2-6-10-15/h1-10,16-17,19H,11-13H2. The Bertz CT molecular complexity index is 656. The molecule has 4 rings (SSSR count). The second-order valence-corrected chi connectivity index (χ2v) is 6.12. The van der Waals surface area contributed by atoms with E-state index < -0.39 is 0 Å². The zero-order chi connectivity index (χ0) is 14.9. The summed E-state index contributed by atoms with van der Waals surface area (Å²) in [7, 11) is 0. The maximum absolute atomic E-state index is 12.8. The van der Waals surface area contributed by atoms with Gasteiger partial charge >= 0.3 is 0 Å². The number of benzene rings is 2. The number of carbonyl (C=O) groups excluding carboxylic acids is 1. The zero-order valence-electron chi connectivity index (χ0n) is 12.4. The highest BCUT2D eigenvalue weighted by atomic mass is 16.5. The second-order valence-electron chi connectivity index (χ2n) is 6.12. The van der Waals surface area contributed by atoms with E-state index in [1.807, 2.05) is 53.4 Å². The van der Waals surface area contributed by atoms with Gasteiger partial charge in [-0.25, -0.2) is 0 Å². The van der Waals surface area contributed by atoms with Crippen molar-refractivity contribution < 1.29 is 9.53 Å². The summed E-state index contributed by atoms with van der Waals surface area (Å²) in [6.07, 6.45) is 1.52. The molecule has 2 heterocycles. The molecule has 3 nitrogen and oxygen atoms in total. The van der Waals surface area contributed by atoms with E-state index in [1.54, 1.807) is 0 Å². The summed E-state index contributed by atoms with van der Waals surface area (Å²) in [5, 5.41) is 0. The lowest BCUT2D eigenvalue weighted by Gasteiger charge is -2.23. The van der Waals surface area contributed by atoms with Crippen molar-refractivity contribution in [3.8, 4) is 0 Å². The molecule has 3 heteroatoms. The summed E-state index contributed by atoms with van der Waals surface area (Å²) in [6.45, 7) is 0.649. The molecule has 2 fully saturated rings. The molecular formula is C19H19NO2. The van der Waals surface area contributed by atoms with Gasteiger partial charge in [0.2, 0.25) is 5.91 Å². The summed E-state index contributed by atoms with van der Waals surface area (Å²) in [4.78, 5) is 14.8. The van der Waals surface area contributed by atoms with Gasteiger partial charge in [-0.1, -0.05) is 60.7 Å². The van der Waals surface area contributed by atoms with Crippen LogP contribution in [-0.2, 0) is 16.0 Å². The molecule has 2 saturated heterocycles. The van der Waals surface area contributed by atoms with E-state index in [0.29, 0.717) is 6.61 Å². The van der Waals surface area contributed by atoms with Crippen LogP contribution in [0.1, 0.15) is 23.8 Å². The first kappa shape index (κ1) is 13.5. The van der Waals surface area contributed by atoms with Crippen LogP contribution in [0.5, 0.6) is 0 Å². The van der Waals surface area contributed by atoms with Crippen LogP contribution in [0.15, 0.2) is 60.7 Å². The highest BCUT2D eigenvalue weighted by Gasteiger charge is 2.47. The molecule has 3 unspecified atom stereocenters. The number of hydrogen-bond acceptors (Lipinski definition) is 2. The Morgan fingerprint density at radius 2 is 1.68 bits per heavy atom. The molecule has 2 aliphatic rings. The van der Waals surface area contributed by atoms with E-state index in [1.165, 1.54) is 5.56 Å². The molecule has 22 heavy (non-hydrogen) atoms. The van der Waals surface area contributed by atoms with E-state index in [0.717, 1.165) is 18.4 Å². The van der Waals surface area contributed by atoms with Crippen LogP contribution in [0.4, 0.5) is 0 Å². The minimum Gasteiger partial charge on any atom is -0.352 e. The number of carbonyl (C=O) groups is 1. The Morgan fingerprint density at radius 1 is 1.00 bits per heavy atom. The first-order valence-corrected chi connectivity index (χ1v) is 7.85. The van der Waals surface area contributed by atoms with Gasteiger partial charge in [0, 0.05) is 11.5 Å². The van der Waals surface area contributed by atoms with Crippen molar-refractivity contribution in [3.63, 3.8) is 0 Å². The van der Waals surface area contributed by atoms with Gasteiger partial charge < -0.3 is 9.64 Å². The quantitative estimate of drug-likeness (QED) is 0.870. The molecule has 1 amide bonds. The molecular weight excluding hydrogens is 274 g/mol. The third-order valence-corrected chi connectivity index (χ3v) is 4.66. The molecule has 2 aromatic rings. The van der Waals surface area contributed by atoms with Crippen LogP contribution in [0, 0.1) is 5.92 Å². The van der Waals surface area contributed by atoms with E-state index in [9.17, 15) is 4.79 Å². The highest BCUT2D eigenvalue weighted by molar-refractivity contribution is 5.82. The number of hydrogen-bond donors (Lipinski definition) is 0. The summed E-state index contributed by atoms with van der Waals surface area (Å²) < 4.78 is 5.88. The maximum atomic E-state index is 12.8. The Morgan fingerprint density at radius 3 is 2.41 bits per heavy atom. The fraction of sp³-hybridized carbons (Fsp3) is 0.316.